The van der Waals surface area contributed by atoms with E-state index < -0.39 is 0 Å². The number of hydrogen-bond donors (Lipinski definition) is 0. The van der Waals surface area contributed by atoms with E-state index in [1.807, 2.05) is 0 Å². The van der Waals surface area contributed by atoms with Crippen LogP contribution in [0, 0.1) is 0 Å². The minimum absolute atomic E-state index is 0.976. The molecule has 0 N–H and O–H groups in total. The number of rotatable bonds is 4. The Kier molecular flexibility index (Phi) is 3.63. The van der Waals surface area contributed by atoms with Crippen molar-refractivity contribution in [2.24, 2.45) is 0 Å². The van der Waals surface area contributed by atoms with Gasteiger partial charge in [-0.05, 0) is 46.2 Å². The molecule has 0 unspecified atom stereocenters. The van der Waals surface area contributed by atoms with Crippen molar-refractivity contribution in [3.8, 4) is 11.3 Å². The summed E-state index contributed by atoms with van der Waals surface area (Å²) in [5.41, 5.74) is 1.21. The van der Waals surface area contributed by atoms with Crippen LogP contribution < -0.4 is 0 Å². The van der Waals surface area contributed by atoms with Crippen molar-refractivity contribution in [2.45, 2.75) is 26.2 Å². The van der Waals surface area contributed by atoms with E-state index in [4.69, 9.17) is 4.42 Å². The first-order chi connectivity index (χ1) is 11.4. The molecule has 1 heterocycles. The second kappa shape index (κ2) is 5.92. The van der Waals surface area contributed by atoms with Gasteiger partial charge >= 0.3 is 0 Å². The zero-order chi connectivity index (χ0) is 15.6. The lowest BCUT2D eigenvalue weighted by atomic mass is 9.95. The van der Waals surface area contributed by atoms with Gasteiger partial charge in [0, 0.05) is 12.0 Å². The molecule has 0 aliphatic heterocycles. The Morgan fingerprint density at radius 3 is 2.09 bits per heavy atom. The molecule has 0 amide bonds. The molecule has 3 aromatic carbocycles. The zero-order valence-corrected chi connectivity index (χ0v) is 13.4. The molecule has 0 fully saturated rings. The third-order valence-electron chi connectivity index (χ3n) is 4.46. The van der Waals surface area contributed by atoms with E-state index in [0.29, 0.717) is 0 Å². The van der Waals surface area contributed by atoms with Crippen molar-refractivity contribution >= 4 is 21.5 Å². The molecule has 0 aliphatic rings. The lowest BCUT2D eigenvalue weighted by Gasteiger charge is -2.09. The first kappa shape index (κ1) is 14.1. The summed E-state index contributed by atoms with van der Waals surface area (Å²) in [5, 5.41) is 5.02. The Morgan fingerprint density at radius 1 is 0.783 bits per heavy atom. The van der Waals surface area contributed by atoms with E-state index in [9.17, 15) is 0 Å². The fraction of sp³-hybridized carbons (Fsp3) is 0.182. The maximum atomic E-state index is 6.19. The summed E-state index contributed by atoms with van der Waals surface area (Å²) in [6, 6.07) is 23.6. The van der Waals surface area contributed by atoms with Crippen molar-refractivity contribution in [3.63, 3.8) is 0 Å². The third-order valence-corrected chi connectivity index (χ3v) is 4.46. The maximum absolute atomic E-state index is 6.19. The third kappa shape index (κ3) is 2.53. The Morgan fingerprint density at radius 2 is 1.43 bits per heavy atom. The highest BCUT2D eigenvalue weighted by Crippen LogP contribution is 2.37. The summed E-state index contributed by atoms with van der Waals surface area (Å²) in [6.45, 7) is 2.21. The molecule has 1 heteroatoms. The van der Waals surface area contributed by atoms with E-state index in [2.05, 4.69) is 73.7 Å². The number of furan rings is 1. The molecule has 0 bridgehead atoms. The average molecular weight is 300 g/mol. The zero-order valence-electron chi connectivity index (χ0n) is 13.4. The Hall–Kier alpha value is -2.54. The SMILES string of the molecule is CCCCc1ccc(-c2c3ccccc3cc3ccccc23)o1. The lowest BCUT2D eigenvalue weighted by molar-refractivity contribution is 0.513. The average Bonchev–Trinajstić information content (AvgIpc) is 3.06. The molecule has 0 spiro atoms. The van der Waals surface area contributed by atoms with Crippen LogP contribution in [0.4, 0.5) is 0 Å². The molecule has 1 aromatic heterocycles. The van der Waals surface area contributed by atoms with E-state index in [1.165, 1.54) is 39.9 Å². The minimum atomic E-state index is 0.976. The number of aryl methyl sites for hydroxylation is 1. The first-order valence-electron chi connectivity index (χ1n) is 8.36. The largest absolute Gasteiger partial charge is 0.461 e. The molecule has 0 radical (unpaired) electrons. The summed E-state index contributed by atoms with van der Waals surface area (Å²) in [5.74, 6) is 2.06. The van der Waals surface area contributed by atoms with Crippen LogP contribution in [-0.4, -0.2) is 0 Å². The molecule has 0 aliphatic carbocycles. The Labute approximate surface area is 136 Å². The van der Waals surface area contributed by atoms with Crippen molar-refractivity contribution < 1.29 is 4.42 Å². The van der Waals surface area contributed by atoms with Crippen molar-refractivity contribution in [2.75, 3.05) is 0 Å². The van der Waals surface area contributed by atoms with Crippen LogP contribution in [0.25, 0.3) is 32.9 Å². The molecular weight excluding hydrogens is 280 g/mol. The van der Waals surface area contributed by atoms with Crippen LogP contribution in [-0.2, 0) is 6.42 Å². The lowest BCUT2D eigenvalue weighted by Crippen LogP contribution is -1.84. The standard InChI is InChI=1S/C22H20O/c1-2-3-10-18-13-14-21(23-18)22-19-11-6-4-8-16(19)15-17-9-5-7-12-20(17)22/h4-9,11-15H,2-3,10H2,1H3. The van der Waals surface area contributed by atoms with Gasteiger partial charge in [0.25, 0.3) is 0 Å². The molecule has 114 valence electrons. The van der Waals surface area contributed by atoms with Gasteiger partial charge < -0.3 is 4.42 Å². The molecule has 1 nitrogen and oxygen atoms in total. The Balaban J connectivity index is 1.97. The van der Waals surface area contributed by atoms with Gasteiger partial charge in [-0.1, -0.05) is 61.9 Å². The normalized spacial score (nSPS) is 11.3. The number of benzene rings is 3. The fourth-order valence-electron chi connectivity index (χ4n) is 3.28. The molecule has 0 atom stereocenters. The molecule has 4 rings (SSSR count). The maximum Gasteiger partial charge on any atom is 0.135 e. The predicted molar refractivity (Wildman–Crippen MR) is 97.8 cm³/mol. The van der Waals surface area contributed by atoms with Crippen LogP contribution >= 0.6 is 0 Å². The first-order valence-corrected chi connectivity index (χ1v) is 8.36. The van der Waals surface area contributed by atoms with Gasteiger partial charge in [0.05, 0.1) is 0 Å². The van der Waals surface area contributed by atoms with Crippen LogP contribution in [0.3, 0.4) is 0 Å². The highest BCUT2D eigenvalue weighted by molar-refractivity contribution is 6.11. The van der Waals surface area contributed by atoms with Crippen LogP contribution in [0.1, 0.15) is 25.5 Å². The summed E-state index contributed by atoms with van der Waals surface area (Å²) in [4.78, 5) is 0. The summed E-state index contributed by atoms with van der Waals surface area (Å²) >= 11 is 0. The van der Waals surface area contributed by atoms with E-state index in [1.54, 1.807) is 0 Å². The van der Waals surface area contributed by atoms with E-state index in [0.717, 1.165) is 17.9 Å². The monoisotopic (exact) mass is 300 g/mol. The molecular formula is C22H20O. The van der Waals surface area contributed by atoms with Gasteiger partial charge in [-0.2, -0.15) is 0 Å². The highest BCUT2D eigenvalue weighted by atomic mass is 16.3. The van der Waals surface area contributed by atoms with Crippen LogP contribution in [0.5, 0.6) is 0 Å². The van der Waals surface area contributed by atoms with E-state index in [-0.39, 0.29) is 0 Å². The minimum Gasteiger partial charge on any atom is -0.461 e. The van der Waals surface area contributed by atoms with Crippen molar-refractivity contribution in [1.29, 1.82) is 0 Å². The van der Waals surface area contributed by atoms with E-state index >= 15 is 0 Å². The number of fused-ring (bicyclic) bond motifs is 2. The smallest absolute Gasteiger partial charge is 0.135 e. The van der Waals surface area contributed by atoms with Crippen molar-refractivity contribution in [1.82, 2.24) is 0 Å². The van der Waals surface area contributed by atoms with Gasteiger partial charge in [0.2, 0.25) is 0 Å². The van der Waals surface area contributed by atoms with Crippen molar-refractivity contribution in [3.05, 3.63) is 72.5 Å². The van der Waals surface area contributed by atoms with Crippen LogP contribution in [0.15, 0.2) is 71.1 Å². The number of hydrogen-bond acceptors (Lipinski definition) is 1. The summed E-state index contributed by atoms with van der Waals surface area (Å²) < 4.78 is 6.19. The fourth-order valence-corrected chi connectivity index (χ4v) is 3.28. The molecule has 4 aromatic rings. The van der Waals surface area contributed by atoms with Gasteiger partial charge in [0.15, 0.2) is 0 Å². The molecule has 0 saturated heterocycles. The summed E-state index contributed by atoms with van der Waals surface area (Å²) in [6.07, 6.45) is 3.37. The van der Waals surface area contributed by atoms with Gasteiger partial charge in [-0.3, -0.25) is 0 Å². The van der Waals surface area contributed by atoms with Gasteiger partial charge in [-0.15, -0.1) is 0 Å². The molecule has 0 saturated carbocycles. The topological polar surface area (TPSA) is 13.1 Å². The van der Waals surface area contributed by atoms with Gasteiger partial charge in [-0.25, -0.2) is 0 Å². The van der Waals surface area contributed by atoms with Crippen LogP contribution in [0.2, 0.25) is 0 Å². The predicted octanol–water partition coefficient (Wildman–Crippen LogP) is 6.60. The molecule has 23 heavy (non-hydrogen) atoms. The highest BCUT2D eigenvalue weighted by Gasteiger charge is 2.13. The quantitative estimate of drug-likeness (QED) is 0.387. The Bertz CT molecular complexity index is 908. The number of unbranched alkanes of at least 4 members (excludes halogenated alkanes) is 1. The van der Waals surface area contributed by atoms with Gasteiger partial charge in [0.1, 0.15) is 11.5 Å². The summed E-state index contributed by atoms with van der Waals surface area (Å²) in [7, 11) is 0. The second-order valence-corrected chi connectivity index (χ2v) is 6.06. The second-order valence-electron chi connectivity index (χ2n) is 6.06.